The highest BCUT2D eigenvalue weighted by Gasteiger charge is 2.62. The molecule has 64 heavy (non-hydrogen) atoms. The van der Waals surface area contributed by atoms with Crippen molar-refractivity contribution in [3.8, 4) is 11.3 Å². The molecule has 1 spiro atoms. The fraction of sp³-hybridized carbons (Fsp3) is 0.386. The number of nitrogens with one attached hydrogen (secondary N) is 3. The Hall–Kier alpha value is -6.70. The van der Waals surface area contributed by atoms with Crippen molar-refractivity contribution >= 4 is 52.3 Å². The number of piperidine rings is 1. The van der Waals surface area contributed by atoms with Crippen LogP contribution in [0.4, 0.5) is 49.6 Å². The molecule has 2 aromatic carbocycles. The van der Waals surface area contributed by atoms with Crippen molar-refractivity contribution in [1.29, 1.82) is 0 Å². The number of carbonyl (C=O) groups is 4. The number of imidazole rings is 1. The van der Waals surface area contributed by atoms with E-state index in [1.807, 2.05) is 41.3 Å². The van der Waals surface area contributed by atoms with Gasteiger partial charge in [0.25, 0.3) is 24.2 Å². The van der Waals surface area contributed by atoms with Crippen LogP contribution in [0.5, 0.6) is 0 Å². The first kappa shape index (κ1) is 41.3. The lowest BCUT2D eigenvalue weighted by Gasteiger charge is -2.57. The molecule has 1 saturated carbocycles. The van der Waals surface area contributed by atoms with Crippen LogP contribution in [0.3, 0.4) is 0 Å². The third kappa shape index (κ3) is 7.12. The van der Waals surface area contributed by atoms with E-state index in [2.05, 4.69) is 25.8 Å². The number of anilines is 4. The van der Waals surface area contributed by atoms with E-state index in [1.54, 1.807) is 13.2 Å². The van der Waals surface area contributed by atoms with Crippen molar-refractivity contribution in [3.63, 3.8) is 0 Å². The molecule has 4 aliphatic heterocycles. The summed E-state index contributed by atoms with van der Waals surface area (Å²) >= 11 is 0. The number of pyridine rings is 1. The molecule has 20 heteroatoms. The molecule has 5 amide bonds. The molecule has 4 fully saturated rings. The lowest BCUT2D eigenvalue weighted by molar-refractivity contribution is -0.220. The highest BCUT2D eigenvalue weighted by molar-refractivity contribution is 6.07. The van der Waals surface area contributed by atoms with Gasteiger partial charge in [-0.25, -0.2) is 36.2 Å². The van der Waals surface area contributed by atoms with Gasteiger partial charge in [0.2, 0.25) is 5.91 Å². The molecule has 332 valence electrons. The van der Waals surface area contributed by atoms with Gasteiger partial charge in [0.1, 0.15) is 6.17 Å². The van der Waals surface area contributed by atoms with E-state index >= 15 is 8.78 Å². The van der Waals surface area contributed by atoms with Crippen molar-refractivity contribution in [2.24, 2.45) is 5.41 Å². The predicted molar refractivity (Wildman–Crippen MR) is 224 cm³/mol. The van der Waals surface area contributed by atoms with Crippen molar-refractivity contribution in [3.05, 3.63) is 94.9 Å². The minimum absolute atomic E-state index is 0.0351. The summed E-state index contributed by atoms with van der Waals surface area (Å²) in [7, 11) is 1.76. The van der Waals surface area contributed by atoms with Gasteiger partial charge in [-0.15, -0.1) is 5.10 Å². The maximum atomic E-state index is 16.0. The van der Waals surface area contributed by atoms with Gasteiger partial charge < -0.3 is 20.4 Å². The number of imide groups is 1. The molecule has 7 heterocycles. The molecule has 2 atom stereocenters. The van der Waals surface area contributed by atoms with Crippen LogP contribution in [0.1, 0.15) is 63.2 Å². The summed E-state index contributed by atoms with van der Waals surface area (Å²) in [5.74, 6) is -4.41. The smallest absolute Gasteiger partial charge is 0.328 e. The predicted octanol–water partition coefficient (Wildman–Crippen LogP) is 5.73. The van der Waals surface area contributed by atoms with Gasteiger partial charge in [-0.05, 0) is 48.2 Å². The van der Waals surface area contributed by atoms with Gasteiger partial charge in [0.05, 0.1) is 41.3 Å². The minimum Gasteiger partial charge on any atom is -0.385 e. The first-order chi connectivity index (χ1) is 30.7. The van der Waals surface area contributed by atoms with E-state index in [0.29, 0.717) is 36.7 Å². The first-order valence-electron chi connectivity index (χ1n) is 21.0. The summed E-state index contributed by atoms with van der Waals surface area (Å²) in [5.41, 5.74) is 3.63. The van der Waals surface area contributed by atoms with Gasteiger partial charge >= 0.3 is 6.03 Å². The molecular formula is C44H42F5N11O4. The number of likely N-dealkylation sites (tertiary alicyclic amines) is 2. The summed E-state index contributed by atoms with van der Waals surface area (Å²) in [6.07, 6.45) is 0.0368. The summed E-state index contributed by atoms with van der Waals surface area (Å²) in [6, 6.07) is 13.5. The lowest BCUT2D eigenvalue weighted by Crippen LogP contribution is -2.70. The second-order valence-electron chi connectivity index (χ2n) is 17.1. The third-order valence-corrected chi connectivity index (χ3v) is 13.0. The number of hydrogen-bond donors (Lipinski definition) is 3. The average Bonchev–Trinajstić information content (AvgIpc) is 3.58. The van der Waals surface area contributed by atoms with E-state index < -0.39 is 65.8 Å². The van der Waals surface area contributed by atoms with Crippen molar-refractivity contribution < 1.29 is 41.1 Å². The number of fused-ring (bicyclic) bond motifs is 2. The van der Waals surface area contributed by atoms with Crippen LogP contribution in [0.15, 0.2) is 67.0 Å². The number of urea groups is 1. The molecule has 5 aliphatic rings. The number of halogens is 5. The molecule has 1 unspecified atom stereocenters. The van der Waals surface area contributed by atoms with Crippen LogP contribution < -0.4 is 25.8 Å². The Kier molecular flexibility index (Phi) is 10.0. The average molecular weight is 884 g/mol. The van der Waals surface area contributed by atoms with Crippen molar-refractivity contribution in [2.75, 3.05) is 61.4 Å². The molecule has 3 aromatic heterocycles. The summed E-state index contributed by atoms with van der Waals surface area (Å²) in [4.78, 5) is 65.8. The van der Waals surface area contributed by atoms with E-state index in [-0.39, 0.29) is 62.4 Å². The molecule has 10 rings (SSSR count). The van der Waals surface area contributed by atoms with Crippen LogP contribution in [-0.4, -0.2) is 118 Å². The largest absolute Gasteiger partial charge is 0.385 e. The Morgan fingerprint density at radius 1 is 0.938 bits per heavy atom. The number of benzene rings is 2. The molecule has 1 aliphatic carbocycles. The van der Waals surface area contributed by atoms with Gasteiger partial charge in [0.15, 0.2) is 17.2 Å². The fourth-order valence-electron chi connectivity index (χ4n) is 9.40. The summed E-state index contributed by atoms with van der Waals surface area (Å²) in [5, 5.41) is 12.7. The van der Waals surface area contributed by atoms with Gasteiger partial charge in [-0.1, -0.05) is 24.3 Å². The number of alkyl halides is 5. The number of amides is 5. The van der Waals surface area contributed by atoms with Crippen LogP contribution in [0.25, 0.3) is 16.9 Å². The van der Waals surface area contributed by atoms with E-state index in [9.17, 15) is 32.3 Å². The molecule has 0 bridgehead atoms. The summed E-state index contributed by atoms with van der Waals surface area (Å²) < 4.78 is 74.8. The molecule has 3 saturated heterocycles. The van der Waals surface area contributed by atoms with E-state index in [4.69, 9.17) is 10.1 Å². The highest BCUT2D eigenvalue weighted by atomic mass is 19.3. The first-order valence-corrected chi connectivity index (χ1v) is 21.0. The number of hydrogen-bond acceptors (Lipinski definition) is 10. The maximum Gasteiger partial charge on any atom is 0.328 e. The zero-order valence-electron chi connectivity index (χ0n) is 34.5. The van der Waals surface area contributed by atoms with Crippen LogP contribution in [0.2, 0.25) is 0 Å². The van der Waals surface area contributed by atoms with Gasteiger partial charge in [-0.3, -0.25) is 34.5 Å². The number of aromatic nitrogens is 4. The SMILES string of the molecule is CNc1cc(N2CCc3c(-c4ccc(CN5CC6(CCN(C(=O)c7ccc(C(F)F)c(N8CCC(=O)NC8=O)c7)CC6(F)F)C5)cn4)cccc32)nn2c(C(=O)NC3C[C@@H]3F)cnc12. The van der Waals surface area contributed by atoms with Gasteiger partial charge in [-0.2, -0.15) is 0 Å². The Balaban J connectivity index is 0.792. The highest BCUT2D eigenvalue weighted by Crippen LogP contribution is 2.51. The number of carbonyl (C=O) groups excluding carboxylic acids is 4. The third-order valence-electron chi connectivity index (χ3n) is 13.0. The standard InChI is InChI=1S/C44H42F5N11O4/c1-50-32-17-36(55-60-35(19-52-39(32)60)40(62)53-31-16-29(31)45)58-12-9-27-26(3-2-4-33(27)58)30-8-5-24(18-51-30)20-56-21-43(22-56)11-14-57(23-44(43,48)49)41(63)25-6-7-28(38(46)47)34(15-25)59-13-10-37(61)54-42(59)64/h2-8,15,17-19,29,31,38,50H,9-14,16,20-23H2,1H3,(H,53,62)(H,54,61,64)/t29-,31?/m0/s1. The molecule has 15 nitrogen and oxygen atoms in total. The van der Waals surface area contributed by atoms with Crippen LogP contribution >= 0.6 is 0 Å². The van der Waals surface area contributed by atoms with Crippen LogP contribution in [0, 0.1) is 5.41 Å². The second kappa shape index (κ2) is 15.5. The second-order valence-corrected chi connectivity index (χ2v) is 17.1. The molecular weight excluding hydrogens is 842 g/mol. The maximum absolute atomic E-state index is 16.0. The van der Waals surface area contributed by atoms with E-state index in [0.717, 1.165) is 56.1 Å². The van der Waals surface area contributed by atoms with E-state index in [1.165, 1.54) is 10.7 Å². The van der Waals surface area contributed by atoms with Crippen molar-refractivity contribution in [1.82, 2.24) is 40.0 Å². The zero-order chi connectivity index (χ0) is 44.7. The number of rotatable bonds is 10. The lowest BCUT2D eigenvalue weighted by atomic mass is 9.69. The van der Waals surface area contributed by atoms with Crippen molar-refractivity contribution in [2.45, 2.75) is 56.8 Å². The topological polar surface area (TPSA) is 160 Å². The normalized spacial score (nSPS) is 21.3. The zero-order valence-corrected chi connectivity index (χ0v) is 34.5. The fourth-order valence-corrected chi connectivity index (χ4v) is 9.40. The molecule has 5 aromatic rings. The molecule has 3 N–H and O–H groups in total. The Morgan fingerprint density at radius 3 is 2.44 bits per heavy atom. The van der Waals surface area contributed by atoms with Gasteiger partial charge in [0, 0.05) is 93.8 Å². The Bertz CT molecular complexity index is 2730. The Morgan fingerprint density at radius 2 is 1.73 bits per heavy atom. The quantitative estimate of drug-likeness (QED) is 0.148. The number of nitrogens with zero attached hydrogens (tertiary/aromatic N) is 8. The van der Waals surface area contributed by atoms with Crippen LogP contribution in [-0.2, 0) is 17.8 Å². The molecule has 0 radical (unpaired) electrons. The summed E-state index contributed by atoms with van der Waals surface area (Å²) in [6.45, 7) is 0.255. The Labute approximate surface area is 362 Å². The minimum atomic E-state index is -3.23. The monoisotopic (exact) mass is 883 g/mol.